The average molecular weight is 304 g/mol. The van der Waals surface area contributed by atoms with Gasteiger partial charge in [-0.25, -0.2) is 0 Å². The fraction of sp³-hybridized carbons (Fsp3) is 0.583. The van der Waals surface area contributed by atoms with E-state index in [1.165, 1.54) is 11.3 Å². The molecule has 1 aromatic rings. The molecule has 0 bridgehead atoms. The summed E-state index contributed by atoms with van der Waals surface area (Å²) >= 11 is 5.02. The molecule has 1 aromatic heterocycles. The van der Waals surface area contributed by atoms with Gasteiger partial charge >= 0.3 is 0 Å². The van der Waals surface area contributed by atoms with Crippen LogP contribution in [-0.2, 0) is 6.42 Å². The number of carbonyl (C=O) groups is 1. The van der Waals surface area contributed by atoms with Crippen molar-refractivity contribution < 1.29 is 4.79 Å². The van der Waals surface area contributed by atoms with Gasteiger partial charge in [-0.2, -0.15) is 0 Å². The molecular formula is C12H18BrNOS. The lowest BCUT2D eigenvalue weighted by molar-refractivity contribution is 0.0956. The molecule has 16 heavy (non-hydrogen) atoms. The van der Waals surface area contributed by atoms with Crippen molar-refractivity contribution in [3.05, 3.63) is 21.9 Å². The number of nitrogens with one attached hydrogen (secondary N) is 1. The van der Waals surface area contributed by atoms with Gasteiger partial charge in [0.1, 0.15) is 0 Å². The third kappa shape index (κ3) is 4.26. The molecule has 1 heterocycles. The summed E-state index contributed by atoms with van der Waals surface area (Å²) in [5, 5.41) is 4.95. The Morgan fingerprint density at radius 3 is 3.00 bits per heavy atom. The molecule has 0 aromatic carbocycles. The van der Waals surface area contributed by atoms with E-state index in [0.717, 1.165) is 36.2 Å². The van der Waals surface area contributed by atoms with Gasteiger partial charge in [0.15, 0.2) is 0 Å². The van der Waals surface area contributed by atoms with Crippen LogP contribution in [0.5, 0.6) is 0 Å². The van der Waals surface area contributed by atoms with E-state index >= 15 is 0 Å². The molecule has 0 saturated heterocycles. The van der Waals surface area contributed by atoms with Crippen molar-refractivity contribution in [2.24, 2.45) is 0 Å². The molecular weight excluding hydrogens is 286 g/mol. The fourth-order valence-corrected chi connectivity index (χ4v) is 2.71. The minimum absolute atomic E-state index is 0.0778. The Kier molecular flexibility index (Phi) is 6.06. The second-order valence-electron chi connectivity index (χ2n) is 3.81. The summed E-state index contributed by atoms with van der Waals surface area (Å²) in [5.41, 5.74) is 1.15. The van der Waals surface area contributed by atoms with Gasteiger partial charge in [0, 0.05) is 11.4 Å². The zero-order valence-electron chi connectivity index (χ0n) is 9.75. The number of hydrogen-bond donors (Lipinski definition) is 1. The predicted molar refractivity (Wildman–Crippen MR) is 73.7 cm³/mol. The maximum atomic E-state index is 11.8. The van der Waals surface area contributed by atoms with Crippen molar-refractivity contribution in [1.29, 1.82) is 0 Å². The summed E-state index contributed by atoms with van der Waals surface area (Å²) in [6.07, 6.45) is 3.03. The van der Waals surface area contributed by atoms with Crippen LogP contribution in [0.4, 0.5) is 0 Å². The minimum Gasteiger partial charge on any atom is -0.351 e. The van der Waals surface area contributed by atoms with Crippen LogP contribution >= 0.6 is 27.3 Å². The Hall–Kier alpha value is -0.350. The SMILES string of the molecule is CCc1ccsc1C(=O)NCCCC(C)Br. The van der Waals surface area contributed by atoms with Crippen LogP contribution in [0, 0.1) is 0 Å². The van der Waals surface area contributed by atoms with E-state index < -0.39 is 0 Å². The van der Waals surface area contributed by atoms with E-state index in [9.17, 15) is 4.79 Å². The average Bonchev–Trinajstić information content (AvgIpc) is 2.71. The molecule has 90 valence electrons. The van der Waals surface area contributed by atoms with Crippen molar-refractivity contribution >= 4 is 33.2 Å². The molecule has 0 radical (unpaired) electrons. The monoisotopic (exact) mass is 303 g/mol. The Labute approximate surface area is 110 Å². The largest absolute Gasteiger partial charge is 0.351 e. The first kappa shape index (κ1) is 13.7. The first-order valence-corrected chi connectivity index (χ1v) is 7.43. The highest BCUT2D eigenvalue weighted by atomic mass is 79.9. The number of hydrogen-bond acceptors (Lipinski definition) is 2. The van der Waals surface area contributed by atoms with Crippen molar-refractivity contribution in [2.45, 2.75) is 37.9 Å². The maximum Gasteiger partial charge on any atom is 0.261 e. The van der Waals surface area contributed by atoms with Gasteiger partial charge in [0.2, 0.25) is 0 Å². The molecule has 0 aliphatic carbocycles. The molecule has 1 rings (SSSR count). The lowest BCUT2D eigenvalue weighted by Crippen LogP contribution is -2.24. The Morgan fingerprint density at radius 2 is 2.38 bits per heavy atom. The summed E-state index contributed by atoms with van der Waals surface area (Å²) in [6.45, 7) is 4.96. The Balaban J connectivity index is 2.35. The van der Waals surface area contributed by atoms with Gasteiger partial charge in [0.05, 0.1) is 4.88 Å². The first-order valence-electron chi connectivity index (χ1n) is 5.63. The second-order valence-corrected chi connectivity index (χ2v) is 6.29. The number of thiophene rings is 1. The summed E-state index contributed by atoms with van der Waals surface area (Å²) in [4.78, 5) is 13.2. The van der Waals surface area contributed by atoms with Gasteiger partial charge in [0.25, 0.3) is 5.91 Å². The zero-order chi connectivity index (χ0) is 12.0. The molecule has 4 heteroatoms. The fourth-order valence-electron chi connectivity index (χ4n) is 1.48. The Morgan fingerprint density at radius 1 is 1.62 bits per heavy atom. The quantitative estimate of drug-likeness (QED) is 0.631. The molecule has 1 N–H and O–H groups in total. The summed E-state index contributed by atoms with van der Waals surface area (Å²) in [6, 6.07) is 2.03. The molecule has 0 saturated carbocycles. The van der Waals surface area contributed by atoms with E-state index in [-0.39, 0.29) is 5.91 Å². The zero-order valence-corrected chi connectivity index (χ0v) is 12.2. The van der Waals surface area contributed by atoms with Gasteiger partial charge in [-0.05, 0) is 36.3 Å². The lowest BCUT2D eigenvalue weighted by Gasteiger charge is -2.06. The highest BCUT2D eigenvalue weighted by Gasteiger charge is 2.10. The van der Waals surface area contributed by atoms with Crippen molar-refractivity contribution in [1.82, 2.24) is 5.32 Å². The number of aryl methyl sites for hydroxylation is 1. The lowest BCUT2D eigenvalue weighted by atomic mass is 10.2. The van der Waals surface area contributed by atoms with Crippen LogP contribution in [0.1, 0.15) is 41.9 Å². The molecule has 0 aliphatic heterocycles. The molecule has 0 fully saturated rings. The standard InChI is InChI=1S/C12H18BrNOS/c1-3-10-6-8-16-11(10)12(15)14-7-4-5-9(2)13/h6,8-9H,3-5,7H2,1-2H3,(H,14,15). The van der Waals surface area contributed by atoms with E-state index in [1.54, 1.807) is 0 Å². The van der Waals surface area contributed by atoms with Crippen LogP contribution in [0.15, 0.2) is 11.4 Å². The number of alkyl halides is 1. The maximum absolute atomic E-state index is 11.8. The van der Waals surface area contributed by atoms with E-state index in [4.69, 9.17) is 0 Å². The van der Waals surface area contributed by atoms with E-state index in [2.05, 4.69) is 35.1 Å². The van der Waals surface area contributed by atoms with Gasteiger partial charge < -0.3 is 5.32 Å². The molecule has 0 spiro atoms. The molecule has 1 amide bonds. The van der Waals surface area contributed by atoms with Crippen LogP contribution < -0.4 is 5.32 Å². The highest BCUT2D eigenvalue weighted by molar-refractivity contribution is 9.09. The second kappa shape index (κ2) is 7.07. The third-order valence-electron chi connectivity index (χ3n) is 2.40. The van der Waals surface area contributed by atoms with Crippen LogP contribution in [0.2, 0.25) is 0 Å². The van der Waals surface area contributed by atoms with Crippen LogP contribution in [0.25, 0.3) is 0 Å². The highest BCUT2D eigenvalue weighted by Crippen LogP contribution is 2.17. The van der Waals surface area contributed by atoms with Crippen LogP contribution in [-0.4, -0.2) is 17.3 Å². The van der Waals surface area contributed by atoms with Gasteiger partial charge in [-0.15, -0.1) is 11.3 Å². The summed E-state index contributed by atoms with van der Waals surface area (Å²) < 4.78 is 0. The summed E-state index contributed by atoms with van der Waals surface area (Å²) in [7, 11) is 0. The first-order chi connectivity index (χ1) is 7.65. The predicted octanol–water partition coefficient (Wildman–Crippen LogP) is 3.60. The van der Waals surface area contributed by atoms with Gasteiger partial charge in [-0.1, -0.05) is 29.8 Å². The molecule has 1 atom stereocenters. The van der Waals surface area contributed by atoms with Crippen LogP contribution in [0.3, 0.4) is 0 Å². The number of rotatable bonds is 6. The third-order valence-corrected chi connectivity index (χ3v) is 3.81. The Bertz CT molecular complexity index is 336. The van der Waals surface area contributed by atoms with E-state index in [0.29, 0.717) is 4.83 Å². The topological polar surface area (TPSA) is 29.1 Å². The van der Waals surface area contributed by atoms with Gasteiger partial charge in [-0.3, -0.25) is 4.79 Å². The smallest absolute Gasteiger partial charge is 0.261 e. The van der Waals surface area contributed by atoms with Crippen molar-refractivity contribution in [3.63, 3.8) is 0 Å². The number of halogens is 1. The minimum atomic E-state index is 0.0778. The molecule has 0 aliphatic rings. The van der Waals surface area contributed by atoms with E-state index in [1.807, 2.05) is 11.4 Å². The van der Waals surface area contributed by atoms with Crippen molar-refractivity contribution in [3.8, 4) is 0 Å². The molecule has 2 nitrogen and oxygen atoms in total. The summed E-state index contributed by atoms with van der Waals surface area (Å²) in [5.74, 6) is 0.0778. The van der Waals surface area contributed by atoms with Crippen molar-refractivity contribution in [2.75, 3.05) is 6.54 Å². The normalized spacial score (nSPS) is 12.4. The number of amides is 1. The number of carbonyl (C=O) groups excluding carboxylic acids is 1. The molecule has 1 unspecified atom stereocenters.